The number of carbonyl (C=O) groups excluding carboxylic acids is 1. The molecule has 1 saturated heterocycles. The Kier molecular flexibility index (Phi) is 5.95. The van der Waals surface area contributed by atoms with Crippen LogP contribution in [-0.2, 0) is 0 Å². The maximum Gasteiger partial charge on any atom is 0.349 e. The molecule has 34 heavy (non-hydrogen) atoms. The van der Waals surface area contributed by atoms with Gasteiger partial charge in [-0.1, -0.05) is 42.5 Å². The average molecular weight is 457 g/mol. The first-order valence-electron chi connectivity index (χ1n) is 11.3. The molecule has 0 radical (unpaired) electrons. The van der Waals surface area contributed by atoms with Crippen molar-refractivity contribution in [2.75, 3.05) is 37.7 Å². The van der Waals surface area contributed by atoms with Crippen molar-refractivity contribution < 1.29 is 13.9 Å². The van der Waals surface area contributed by atoms with E-state index in [2.05, 4.69) is 15.1 Å². The number of amides is 1. The molecule has 0 aliphatic carbocycles. The van der Waals surface area contributed by atoms with E-state index in [0.29, 0.717) is 49.5 Å². The van der Waals surface area contributed by atoms with Crippen molar-refractivity contribution in [3.8, 4) is 17.0 Å². The summed E-state index contributed by atoms with van der Waals surface area (Å²) in [5, 5.41) is 9.38. The number of anilines is 1. The summed E-state index contributed by atoms with van der Waals surface area (Å²) in [6.45, 7) is 4.44. The zero-order valence-corrected chi connectivity index (χ0v) is 18.8. The molecule has 0 atom stereocenters. The van der Waals surface area contributed by atoms with Gasteiger partial charge >= 0.3 is 5.63 Å². The molecule has 172 valence electrons. The number of piperazine rings is 1. The number of rotatable bonds is 5. The van der Waals surface area contributed by atoms with Crippen LogP contribution in [0.4, 0.5) is 5.82 Å². The molecule has 0 spiro atoms. The minimum Gasteiger partial charge on any atom is -0.490 e. The Morgan fingerprint density at radius 2 is 1.76 bits per heavy atom. The fraction of sp³-hybridized carbons (Fsp3) is 0.231. The highest BCUT2D eigenvalue weighted by Gasteiger charge is 2.26. The molecule has 0 bridgehead atoms. The van der Waals surface area contributed by atoms with E-state index < -0.39 is 5.63 Å². The lowest BCUT2D eigenvalue weighted by Gasteiger charge is -2.35. The largest absolute Gasteiger partial charge is 0.490 e. The minimum absolute atomic E-state index is 0.0293. The van der Waals surface area contributed by atoms with Crippen LogP contribution in [0.1, 0.15) is 17.3 Å². The molecular formula is C26H24N4O4. The predicted molar refractivity (Wildman–Crippen MR) is 129 cm³/mol. The lowest BCUT2D eigenvalue weighted by atomic mass is 10.1. The van der Waals surface area contributed by atoms with Crippen molar-refractivity contribution in [1.29, 1.82) is 0 Å². The van der Waals surface area contributed by atoms with E-state index in [4.69, 9.17) is 9.15 Å². The van der Waals surface area contributed by atoms with Gasteiger partial charge in [0.05, 0.1) is 12.3 Å². The van der Waals surface area contributed by atoms with Crippen molar-refractivity contribution in [2.45, 2.75) is 6.92 Å². The summed E-state index contributed by atoms with van der Waals surface area (Å²) in [5.74, 6) is 0.923. The Morgan fingerprint density at radius 1 is 0.971 bits per heavy atom. The summed E-state index contributed by atoms with van der Waals surface area (Å²) in [7, 11) is 0. The Bertz CT molecular complexity index is 1360. The number of hydrogen-bond acceptors (Lipinski definition) is 7. The Labute approximate surface area is 196 Å². The van der Waals surface area contributed by atoms with Crippen molar-refractivity contribution in [1.82, 2.24) is 15.1 Å². The molecule has 1 aliphatic rings. The number of ether oxygens (including phenoxy) is 1. The fourth-order valence-corrected chi connectivity index (χ4v) is 4.10. The Hall–Kier alpha value is -4.20. The fourth-order valence-electron chi connectivity index (χ4n) is 4.10. The number of hydrogen-bond donors (Lipinski definition) is 0. The SMILES string of the molecule is CCOc1cccc2cc(C(=O)N3CCN(c4ccc(-c5ccccc5)nn4)CC3)c(=O)oc12. The Morgan fingerprint density at radius 3 is 2.47 bits per heavy atom. The van der Waals surface area contributed by atoms with Gasteiger partial charge in [-0.3, -0.25) is 4.79 Å². The molecule has 0 unspecified atom stereocenters. The van der Waals surface area contributed by atoms with Crippen LogP contribution in [0.2, 0.25) is 0 Å². The van der Waals surface area contributed by atoms with Gasteiger partial charge in [-0.05, 0) is 31.2 Å². The third kappa shape index (κ3) is 4.22. The molecule has 8 heteroatoms. The first kappa shape index (κ1) is 21.6. The maximum atomic E-state index is 13.1. The van der Waals surface area contributed by atoms with E-state index in [9.17, 15) is 9.59 Å². The second-order valence-corrected chi connectivity index (χ2v) is 7.98. The van der Waals surface area contributed by atoms with Crippen LogP contribution in [0.3, 0.4) is 0 Å². The van der Waals surface area contributed by atoms with E-state index in [1.807, 2.05) is 55.5 Å². The highest BCUT2D eigenvalue weighted by Crippen LogP contribution is 2.25. The predicted octanol–water partition coefficient (Wildman–Crippen LogP) is 3.61. The van der Waals surface area contributed by atoms with Gasteiger partial charge < -0.3 is 19.0 Å². The molecular weight excluding hydrogens is 432 g/mol. The van der Waals surface area contributed by atoms with E-state index in [1.54, 1.807) is 23.1 Å². The maximum absolute atomic E-state index is 13.1. The number of benzene rings is 2. The molecule has 3 heterocycles. The van der Waals surface area contributed by atoms with Gasteiger partial charge in [0, 0.05) is 37.1 Å². The summed E-state index contributed by atoms with van der Waals surface area (Å²) in [5.41, 5.74) is 1.55. The third-order valence-corrected chi connectivity index (χ3v) is 5.87. The number of nitrogens with zero attached hydrogens (tertiary/aromatic N) is 4. The third-order valence-electron chi connectivity index (χ3n) is 5.87. The molecule has 0 N–H and O–H groups in total. The van der Waals surface area contributed by atoms with Crippen LogP contribution in [0.5, 0.6) is 5.75 Å². The first-order chi connectivity index (χ1) is 16.6. The van der Waals surface area contributed by atoms with Crippen LogP contribution in [-0.4, -0.2) is 53.8 Å². The van der Waals surface area contributed by atoms with Crippen LogP contribution < -0.4 is 15.3 Å². The zero-order chi connectivity index (χ0) is 23.5. The van der Waals surface area contributed by atoms with Crippen LogP contribution >= 0.6 is 0 Å². The van der Waals surface area contributed by atoms with Gasteiger partial charge in [-0.25, -0.2) is 4.79 Å². The van der Waals surface area contributed by atoms with E-state index in [1.165, 1.54) is 0 Å². The van der Waals surface area contributed by atoms with Crippen LogP contribution in [0.25, 0.3) is 22.2 Å². The molecule has 1 fully saturated rings. The monoisotopic (exact) mass is 456 g/mol. The molecule has 1 amide bonds. The minimum atomic E-state index is -0.658. The molecule has 5 rings (SSSR count). The zero-order valence-electron chi connectivity index (χ0n) is 18.8. The Balaban J connectivity index is 1.28. The summed E-state index contributed by atoms with van der Waals surface area (Å²) in [6.07, 6.45) is 0. The average Bonchev–Trinajstić information content (AvgIpc) is 2.89. The molecule has 0 saturated carbocycles. The lowest BCUT2D eigenvalue weighted by molar-refractivity contribution is 0.0742. The van der Waals surface area contributed by atoms with Crippen molar-refractivity contribution in [2.24, 2.45) is 0 Å². The normalized spacial score (nSPS) is 13.8. The highest BCUT2D eigenvalue weighted by atomic mass is 16.5. The molecule has 1 aliphatic heterocycles. The van der Waals surface area contributed by atoms with Crippen molar-refractivity contribution >= 4 is 22.7 Å². The summed E-state index contributed by atoms with van der Waals surface area (Å²) in [6, 6.07) is 20.7. The summed E-state index contributed by atoms with van der Waals surface area (Å²) in [4.78, 5) is 29.5. The number of para-hydroxylation sites is 1. The van der Waals surface area contributed by atoms with E-state index >= 15 is 0 Å². The van der Waals surface area contributed by atoms with Crippen LogP contribution in [0, 0.1) is 0 Å². The van der Waals surface area contributed by atoms with Crippen LogP contribution in [0.15, 0.2) is 75.9 Å². The summed E-state index contributed by atoms with van der Waals surface area (Å²) < 4.78 is 11.0. The number of carbonyl (C=O) groups is 1. The van der Waals surface area contributed by atoms with E-state index in [0.717, 1.165) is 17.1 Å². The van der Waals surface area contributed by atoms with Crippen molar-refractivity contribution in [3.05, 3.63) is 82.7 Å². The van der Waals surface area contributed by atoms with Crippen molar-refractivity contribution in [3.63, 3.8) is 0 Å². The molecule has 2 aromatic carbocycles. The molecule has 8 nitrogen and oxygen atoms in total. The van der Waals surface area contributed by atoms with E-state index in [-0.39, 0.29) is 11.5 Å². The van der Waals surface area contributed by atoms with Gasteiger partial charge in [-0.2, -0.15) is 0 Å². The number of aromatic nitrogens is 2. The second kappa shape index (κ2) is 9.35. The van der Waals surface area contributed by atoms with Gasteiger partial charge in [0.25, 0.3) is 5.91 Å². The lowest BCUT2D eigenvalue weighted by Crippen LogP contribution is -2.49. The number of fused-ring (bicyclic) bond motifs is 1. The van der Waals surface area contributed by atoms with Gasteiger partial charge in [0.15, 0.2) is 17.2 Å². The van der Waals surface area contributed by atoms with Gasteiger partial charge in [0.2, 0.25) is 0 Å². The first-order valence-corrected chi connectivity index (χ1v) is 11.3. The smallest absolute Gasteiger partial charge is 0.349 e. The second-order valence-electron chi connectivity index (χ2n) is 7.98. The topological polar surface area (TPSA) is 88.8 Å². The molecule has 2 aromatic heterocycles. The quantitative estimate of drug-likeness (QED) is 0.424. The van der Waals surface area contributed by atoms with Gasteiger partial charge in [0.1, 0.15) is 5.56 Å². The highest BCUT2D eigenvalue weighted by molar-refractivity contribution is 5.97. The standard InChI is InChI=1S/C26H24N4O4/c1-2-33-22-10-6-9-19-17-20(26(32)34-24(19)22)25(31)30-15-13-29(14-16-30)23-12-11-21(27-28-23)18-7-4-3-5-8-18/h3-12,17H,2,13-16H2,1H3. The summed E-state index contributed by atoms with van der Waals surface area (Å²) >= 11 is 0. The molecule has 4 aromatic rings. The van der Waals surface area contributed by atoms with Gasteiger partial charge in [-0.15, -0.1) is 10.2 Å².